The lowest BCUT2D eigenvalue weighted by Crippen LogP contribution is -2.19. The van der Waals surface area contributed by atoms with Gasteiger partial charge in [0.15, 0.2) is 11.5 Å². The third-order valence-corrected chi connectivity index (χ3v) is 5.04. The van der Waals surface area contributed by atoms with Crippen LogP contribution in [0.3, 0.4) is 0 Å². The number of methoxy groups -OCH3 is 2. The fraction of sp³-hybridized carbons (Fsp3) is 0.348. The zero-order chi connectivity index (χ0) is 21.0. The van der Waals surface area contributed by atoms with Gasteiger partial charge in [-0.15, -0.1) is 0 Å². The van der Waals surface area contributed by atoms with Gasteiger partial charge >= 0.3 is 0 Å². The van der Waals surface area contributed by atoms with Crippen LogP contribution >= 0.6 is 0 Å². The highest BCUT2D eigenvalue weighted by molar-refractivity contribution is 5.85. The summed E-state index contributed by atoms with van der Waals surface area (Å²) in [5.74, 6) is 1.25. The van der Waals surface area contributed by atoms with E-state index in [4.69, 9.17) is 13.9 Å². The predicted molar refractivity (Wildman–Crippen MR) is 114 cm³/mol. The molecule has 0 aliphatic carbocycles. The molecule has 0 saturated carbocycles. The highest BCUT2D eigenvalue weighted by atomic mass is 16.5. The Hall–Kier alpha value is -2.99. The molecule has 0 saturated heterocycles. The Kier molecular flexibility index (Phi) is 6.44. The number of phenolic OH excluding ortho intramolecular Hbond substituents is 1. The Morgan fingerprint density at radius 1 is 1.10 bits per heavy atom. The van der Waals surface area contributed by atoms with Gasteiger partial charge in [0.2, 0.25) is 5.43 Å². The van der Waals surface area contributed by atoms with Crippen LogP contribution in [-0.4, -0.2) is 37.8 Å². The smallest absolute Gasteiger partial charge is 0.200 e. The van der Waals surface area contributed by atoms with Crippen molar-refractivity contribution in [3.05, 3.63) is 52.4 Å². The Labute approximate surface area is 170 Å². The van der Waals surface area contributed by atoms with Crippen molar-refractivity contribution in [2.24, 2.45) is 0 Å². The third-order valence-electron chi connectivity index (χ3n) is 5.04. The summed E-state index contributed by atoms with van der Waals surface area (Å²) in [6.45, 7) is 3.54. The van der Waals surface area contributed by atoms with Gasteiger partial charge in [0.05, 0.1) is 30.7 Å². The number of ether oxygens (including phenoxy) is 2. The largest absolute Gasteiger partial charge is 0.507 e. The molecule has 0 aliphatic heterocycles. The lowest BCUT2D eigenvalue weighted by atomic mass is 10.0. The fourth-order valence-corrected chi connectivity index (χ4v) is 3.38. The van der Waals surface area contributed by atoms with E-state index in [1.165, 1.54) is 6.26 Å². The Balaban J connectivity index is 2.07. The van der Waals surface area contributed by atoms with Crippen molar-refractivity contribution < 1.29 is 19.0 Å². The van der Waals surface area contributed by atoms with Crippen LogP contribution in [0.5, 0.6) is 17.2 Å². The van der Waals surface area contributed by atoms with Crippen LogP contribution in [0.15, 0.2) is 45.8 Å². The van der Waals surface area contributed by atoms with Crippen LogP contribution in [0.4, 0.5) is 0 Å². The fourth-order valence-electron chi connectivity index (χ4n) is 3.38. The summed E-state index contributed by atoms with van der Waals surface area (Å²) in [4.78, 5) is 15.3. The van der Waals surface area contributed by atoms with Crippen LogP contribution in [0, 0.1) is 0 Å². The molecule has 154 valence electrons. The summed E-state index contributed by atoms with van der Waals surface area (Å²) in [7, 11) is 5.10. The lowest BCUT2D eigenvalue weighted by molar-refractivity contribution is 0.314. The number of aromatic hydroxyl groups is 1. The molecule has 1 N–H and O–H groups in total. The molecule has 3 rings (SSSR count). The second-order valence-electron chi connectivity index (χ2n) is 7.08. The van der Waals surface area contributed by atoms with Gasteiger partial charge < -0.3 is 23.9 Å². The average Bonchev–Trinajstić information content (AvgIpc) is 2.74. The summed E-state index contributed by atoms with van der Waals surface area (Å²) >= 11 is 0. The summed E-state index contributed by atoms with van der Waals surface area (Å²) < 4.78 is 16.5. The molecule has 29 heavy (non-hydrogen) atoms. The van der Waals surface area contributed by atoms with Gasteiger partial charge in [-0.2, -0.15) is 0 Å². The number of nitrogens with zero attached hydrogens (tertiary/aromatic N) is 1. The molecule has 0 aliphatic rings. The second kappa shape index (κ2) is 9.01. The van der Waals surface area contributed by atoms with E-state index in [-0.39, 0.29) is 11.2 Å². The molecule has 3 aromatic rings. The second-order valence-corrected chi connectivity index (χ2v) is 7.08. The molecule has 0 unspecified atom stereocenters. The van der Waals surface area contributed by atoms with Gasteiger partial charge in [0.1, 0.15) is 17.6 Å². The van der Waals surface area contributed by atoms with Gasteiger partial charge in [-0.3, -0.25) is 4.79 Å². The number of fused-ring (bicyclic) bond motifs is 1. The number of hydrogen-bond acceptors (Lipinski definition) is 6. The molecule has 0 atom stereocenters. The van der Waals surface area contributed by atoms with Crippen molar-refractivity contribution in [3.63, 3.8) is 0 Å². The van der Waals surface area contributed by atoms with Gasteiger partial charge in [-0.05, 0) is 49.8 Å². The zero-order valence-electron chi connectivity index (χ0n) is 17.3. The van der Waals surface area contributed by atoms with Crippen molar-refractivity contribution in [2.75, 3.05) is 27.8 Å². The van der Waals surface area contributed by atoms with Crippen LogP contribution < -0.4 is 14.9 Å². The van der Waals surface area contributed by atoms with E-state index >= 15 is 0 Å². The number of phenols is 1. The Bertz CT molecular complexity index is 1060. The quantitative estimate of drug-likeness (QED) is 0.607. The first-order chi connectivity index (χ1) is 14.0. The molecule has 0 fully saturated rings. The summed E-state index contributed by atoms with van der Waals surface area (Å²) in [5, 5.41) is 10.8. The van der Waals surface area contributed by atoms with Crippen molar-refractivity contribution in [2.45, 2.75) is 26.3 Å². The zero-order valence-corrected chi connectivity index (χ0v) is 17.3. The highest BCUT2D eigenvalue weighted by Gasteiger charge is 2.17. The Morgan fingerprint density at radius 2 is 1.86 bits per heavy atom. The third kappa shape index (κ3) is 4.22. The predicted octanol–water partition coefficient (Wildman–Crippen LogP) is 4.41. The van der Waals surface area contributed by atoms with Crippen LogP contribution in [-0.2, 0) is 6.54 Å². The maximum atomic E-state index is 13.2. The summed E-state index contributed by atoms with van der Waals surface area (Å²) in [6, 6.07) is 8.45. The maximum Gasteiger partial charge on any atom is 0.200 e. The first-order valence-electron chi connectivity index (χ1n) is 9.67. The van der Waals surface area contributed by atoms with E-state index in [9.17, 15) is 9.90 Å². The van der Waals surface area contributed by atoms with E-state index in [2.05, 4.69) is 11.8 Å². The van der Waals surface area contributed by atoms with Gasteiger partial charge in [0.25, 0.3) is 0 Å². The molecule has 1 aromatic heterocycles. The molecule has 1 heterocycles. The summed E-state index contributed by atoms with van der Waals surface area (Å²) in [6.07, 6.45) is 3.60. The van der Waals surface area contributed by atoms with Crippen molar-refractivity contribution in [3.8, 4) is 28.4 Å². The maximum absolute atomic E-state index is 13.2. The minimum Gasteiger partial charge on any atom is -0.507 e. The molecule has 0 radical (unpaired) electrons. The molecule has 0 bridgehead atoms. The van der Waals surface area contributed by atoms with Crippen molar-refractivity contribution in [1.29, 1.82) is 0 Å². The molecule has 6 nitrogen and oxygen atoms in total. The van der Waals surface area contributed by atoms with Gasteiger partial charge in [-0.25, -0.2) is 0 Å². The van der Waals surface area contributed by atoms with Crippen LogP contribution in [0.1, 0.15) is 25.3 Å². The normalized spacial score (nSPS) is 11.2. The minimum atomic E-state index is -0.157. The molecule has 0 amide bonds. The van der Waals surface area contributed by atoms with E-state index in [1.807, 2.05) is 7.05 Å². The van der Waals surface area contributed by atoms with Crippen molar-refractivity contribution >= 4 is 11.0 Å². The number of rotatable bonds is 8. The molecular weight excluding hydrogens is 370 g/mol. The van der Waals surface area contributed by atoms with Gasteiger partial charge in [-0.1, -0.05) is 19.4 Å². The number of benzene rings is 2. The monoisotopic (exact) mass is 397 g/mol. The first-order valence-corrected chi connectivity index (χ1v) is 9.67. The lowest BCUT2D eigenvalue weighted by Gasteiger charge is -2.18. The van der Waals surface area contributed by atoms with Crippen LogP contribution in [0.2, 0.25) is 0 Å². The molecular formula is C23H27NO5. The van der Waals surface area contributed by atoms with E-state index < -0.39 is 0 Å². The SMILES string of the molecule is CCCCN(C)Cc1c(O)ccc2c(=O)c(-c3ccc(OC)c(OC)c3)coc12. The first kappa shape index (κ1) is 20.7. The molecule has 2 aromatic carbocycles. The van der Waals surface area contributed by atoms with Crippen LogP contribution in [0.25, 0.3) is 22.1 Å². The van der Waals surface area contributed by atoms with E-state index in [0.29, 0.717) is 45.7 Å². The average molecular weight is 397 g/mol. The number of unbranched alkanes of at least 4 members (excludes halogenated alkanes) is 1. The Morgan fingerprint density at radius 3 is 2.55 bits per heavy atom. The van der Waals surface area contributed by atoms with E-state index in [0.717, 1.165) is 19.4 Å². The van der Waals surface area contributed by atoms with Crippen molar-refractivity contribution in [1.82, 2.24) is 4.90 Å². The molecule has 6 heteroatoms. The molecule has 0 spiro atoms. The summed E-state index contributed by atoms with van der Waals surface area (Å²) in [5.41, 5.74) is 1.98. The van der Waals surface area contributed by atoms with Gasteiger partial charge in [0, 0.05) is 6.54 Å². The standard InChI is InChI=1S/C23H27NO5/c1-5-6-11-24(2)13-17-19(25)9-8-16-22(26)18(14-29-23(16)17)15-7-10-20(27-3)21(12-15)28-4/h7-10,12,14,25H,5-6,11,13H2,1-4H3. The topological polar surface area (TPSA) is 72.1 Å². The highest BCUT2D eigenvalue weighted by Crippen LogP contribution is 2.33. The van der Waals surface area contributed by atoms with E-state index in [1.54, 1.807) is 44.6 Å². The number of hydrogen-bond donors (Lipinski definition) is 1. The minimum absolute atomic E-state index is 0.128.